The van der Waals surface area contributed by atoms with E-state index in [-0.39, 0.29) is 12.0 Å². The summed E-state index contributed by atoms with van der Waals surface area (Å²) >= 11 is 1.28. The fourth-order valence-corrected chi connectivity index (χ4v) is 2.60. The molecule has 2 heterocycles. The predicted molar refractivity (Wildman–Crippen MR) is 70.0 cm³/mol. The summed E-state index contributed by atoms with van der Waals surface area (Å²) in [4.78, 5) is 14.0. The summed E-state index contributed by atoms with van der Waals surface area (Å²) in [6, 6.07) is 0. The molecule has 100 valence electrons. The van der Waals surface area contributed by atoms with Gasteiger partial charge in [0.2, 0.25) is 10.1 Å². The Morgan fingerprint density at radius 1 is 1.61 bits per heavy atom. The number of likely N-dealkylation sites (N-methyl/N-ethyl adjacent to an activating group) is 1. The van der Waals surface area contributed by atoms with Gasteiger partial charge >= 0.3 is 0 Å². The second-order valence-electron chi connectivity index (χ2n) is 4.14. The van der Waals surface area contributed by atoms with Crippen molar-refractivity contribution in [3.8, 4) is 0 Å². The molecule has 1 N–H and O–H groups in total. The van der Waals surface area contributed by atoms with E-state index in [2.05, 4.69) is 15.5 Å². The van der Waals surface area contributed by atoms with Crippen molar-refractivity contribution in [3.63, 3.8) is 0 Å². The average Bonchev–Trinajstić information content (AvgIpc) is 3.06. The van der Waals surface area contributed by atoms with Crippen molar-refractivity contribution in [1.82, 2.24) is 15.1 Å². The molecular formula is C11H18N4O2S. The number of nitrogens with zero attached hydrogens (tertiary/aromatic N) is 3. The van der Waals surface area contributed by atoms with Crippen LogP contribution in [-0.2, 0) is 4.74 Å². The molecule has 1 unspecified atom stereocenters. The number of amides is 1. The molecule has 0 aliphatic carbocycles. The van der Waals surface area contributed by atoms with E-state index in [1.54, 1.807) is 11.9 Å². The number of anilines is 1. The maximum Gasteiger partial charge on any atom is 0.284 e. The molecule has 1 aromatic rings. The van der Waals surface area contributed by atoms with Gasteiger partial charge in [-0.05, 0) is 19.8 Å². The highest BCUT2D eigenvalue weighted by Gasteiger charge is 2.24. The van der Waals surface area contributed by atoms with Crippen molar-refractivity contribution in [1.29, 1.82) is 0 Å². The predicted octanol–water partition coefficient (Wildman–Crippen LogP) is 1.22. The van der Waals surface area contributed by atoms with E-state index >= 15 is 0 Å². The summed E-state index contributed by atoms with van der Waals surface area (Å²) in [5.74, 6) is -0.0630. The maximum atomic E-state index is 12.2. The van der Waals surface area contributed by atoms with Crippen LogP contribution in [0.3, 0.4) is 0 Å². The Balaban J connectivity index is 1.99. The molecule has 1 atom stereocenters. The third-order valence-corrected chi connectivity index (χ3v) is 3.87. The molecule has 1 aliphatic heterocycles. The summed E-state index contributed by atoms with van der Waals surface area (Å²) < 4.78 is 5.56. The highest BCUT2D eigenvalue weighted by molar-refractivity contribution is 7.17. The van der Waals surface area contributed by atoms with E-state index in [9.17, 15) is 4.79 Å². The molecule has 6 nitrogen and oxygen atoms in total. The molecule has 1 fully saturated rings. The van der Waals surface area contributed by atoms with Gasteiger partial charge in [-0.15, -0.1) is 10.2 Å². The number of hydrogen-bond donors (Lipinski definition) is 1. The molecule has 1 saturated heterocycles. The minimum Gasteiger partial charge on any atom is -0.376 e. The fourth-order valence-electron chi connectivity index (χ4n) is 1.94. The second-order valence-corrected chi connectivity index (χ2v) is 5.12. The van der Waals surface area contributed by atoms with Crippen molar-refractivity contribution < 1.29 is 9.53 Å². The minimum atomic E-state index is -0.0630. The van der Waals surface area contributed by atoms with Gasteiger partial charge in [0.1, 0.15) is 0 Å². The molecule has 0 saturated carbocycles. The number of carbonyl (C=O) groups is 1. The van der Waals surface area contributed by atoms with Crippen LogP contribution >= 0.6 is 11.3 Å². The first kappa shape index (κ1) is 13.2. The lowest BCUT2D eigenvalue weighted by Crippen LogP contribution is -2.37. The van der Waals surface area contributed by atoms with Crippen LogP contribution in [0.2, 0.25) is 0 Å². The van der Waals surface area contributed by atoms with Crippen molar-refractivity contribution in [2.45, 2.75) is 25.9 Å². The number of nitrogens with one attached hydrogen (secondary N) is 1. The molecule has 7 heteroatoms. The third kappa shape index (κ3) is 2.97. The average molecular weight is 270 g/mol. The summed E-state index contributed by atoms with van der Waals surface area (Å²) in [5, 5.41) is 11.8. The van der Waals surface area contributed by atoms with Gasteiger partial charge in [0.15, 0.2) is 0 Å². The number of carbonyl (C=O) groups excluding carboxylic acids is 1. The highest BCUT2D eigenvalue weighted by atomic mass is 32.1. The van der Waals surface area contributed by atoms with E-state index in [4.69, 9.17) is 4.74 Å². The molecule has 0 bridgehead atoms. The van der Waals surface area contributed by atoms with Gasteiger partial charge < -0.3 is 15.0 Å². The molecule has 0 spiro atoms. The largest absolute Gasteiger partial charge is 0.376 e. The highest BCUT2D eigenvalue weighted by Crippen LogP contribution is 2.18. The maximum absolute atomic E-state index is 12.2. The summed E-state index contributed by atoms with van der Waals surface area (Å²) in [6.07, 6.45) is 2.28. The lowest BCUT2D eigenvalue weighted by molar-refractivity contribution is 0.0538. The Hall–Kier alpha value is -1.21. The Morgan fingerprint density at radius 3 is 3.00 bits per heavy atom. The standard InChI is InChI=1S/C11H18N4O2S/c1-3-15(7-8-5-4-6-17-8)10(16)9-13-14-11(12-2)18-9/h8H,3-7H2,1-2H3,(H,12,14). The van der Waals surface area contributed by atoms with E-state index < -0.39 is 0 Å². The Morgan fingerprint density at radius 2 is 2.44 bits per heavy atom. The van der Waals surface area contributed by atoms with Gasteiger partial charge in [-0.3, -0.25) is 4.79 Å². The van der Waals surface area contributed by atoms with Crippen molar-refractivity contribution >= 4 is 22.4 Å². The topological polar surface area (TPSA) is 67.3 Å². The van der Waals surface area contributed by atoms with E-state index in [1.165, 1.54) is 11.3 Å². The molecule has 18 heavy (non-hydrogen) atoms. The summed E-state index contributed by atoms with van der Waals surface area (Å²) in [5.41, 5.74) is 0. The first-order valence-electron chi connectivity index (χ1n) is 6.16. The molecular weight excluding hydrogens is 252 g/mol. The monoisotopic (exact) mass is 270 g/mol. The van der Waals surface area contributed by atoms with Crippen LogP contribution < -0.4 is 5.32 Å². The zero-order chi connectivity index (χ0) is 13.0. The van der Waals surface area contributed by atoms with Crippen molar-refractivity contribution in [2.24, 2.45) is 0 Å². The number of hydrogen-bond acceptors (Lipinski definition) is 6. The Labute approximate surface area is 110 Å². The second kappa shape index (κ2) is 6.10. The first-order chi connectivity index (χ1) is 8.74. The zero-order valence-electron chi connectivity index (χ0n) is 10.7. The van der Waals surface area contributed by atoms with Gasteiger partial charge in [0.05, 0.1) is 6.10 Å². The van der Waals surface area contributed by atoms with Crippen LogP contribution in [0.5, 0.6) is 0 Å². The Kier molecular flexibility index (Phi) is 4.48. The molecule has 2 rings (SSSR count). The Bertz CT molecular complexity index is 404. The number of aromatic nitrogens is 2. The lowest BCUT2D eigenvalue weighted by Gasteiger charge is -2.22. The van der Waals surface area contributed by atoms with Gasteiger partial charge in [-0.2, -0.15) is 0 Å². The van der Waals surface area contributed by atoms with Crippen LogP contribution in [-0.4, -0.2) is 53.9 Å². The van der Waals surface area contributed by atoms with E-state index in [1.807, 2.05) is 6.92 Å². The van der Waals surface area contributed by atoms with Crippen molar-refractivity contribution in [2.75, 3.05) is 32.1 Å². The van der Waals surface area contributed by atoms with Crippen LogP contribution in [0.15, 0.2) is 0 Å². The van der Waals surface area contributed by atoms with Crippen LogP contribution in [0.1, 0.15) is 29.6 Å². The third-order valence-electron chi connectivity index (χ3n) is 2.94. The number of ether oxygens (including phenoxy) is 1. The van der Waals surface area contributed by atoms with Crippen LogP contribution in [0, 0.1) is 0 Å². The first-order valence-corrected chi connectivity index (χ1v) is 6.98. The van der Waals surface area contributed by atoms with Gasteiger partial charge in [-0.25, -0.2) is 0 Å². The molecule has 1 aliphatic rings. The normalized spacial score (nSPS) is 18.9. The van der Waals surface area contributed by atoms with Crippen molar-refractivity contribution in [3.05, 3.63) is 5.01 Å². The SMILES string of the molecule is CCN(CC1CCCO1)C(=O)c1nnc(NC)s1. The van der Waals surface area contributed by atoms with E-state index in [0.717, 1.165) is 19.4 Å². The molecule has 1 amide bonds. The van der Waals surface area contributed by atoms with E-state index in [0.29, 0.717) is 23.2 Å². The van der Waals surface area contributed by atoms with Gasteiger partial charge in [0.25, 0.3) is 5.91 Å². The van der Waals surface area contributed by atoms with Crippen LogP contribution in [0.25, 0.3) is 0 Å². The quantitative estimate of drug-likeness (QED) is 0.871. The fraction of sp³-hybridized carbons (Fsp3) is 0.727. The molecule has 0 radical (unpaired) electrons. The summed E-state index contributed by atoms with van der Waals surface area (Å²) in [7, 11) is 1.76. The molecule has 0 aromatic carbocycles. The summed E-state index contributed by atoms with van der Waals surface area (Å²) in [6.45, 7) is 4.07. The minimum absolute atomic E-state index is 0.0630. The van der Waals surface area contributed by atoms with Gasteiger partial charge in [-0.1, -0.05) is 11.3 Å². The lowest BCUT2D eigenvalue weighted by atomic mass is 10.2. The van der Waals surface area contributed by atoms with Gasteiger partial charge in [0, 0.05) is 26.7 Å². The zero-order valence-corrected chi connectivity index (χ0v) is 11.5. The number of rotatable bonds is 5. The smallest absolute Gasteiger partial charge is 0.284 e. The van der Waals surface area contributed by atoms with Crippen LogP contribution in [0.4, 0.5) is 5.13 Å². The molecule has 1 aromatic heterocycles.